The van der Waals surface area contributed by atoms with Crippen LogP contribution in [0.2, 0.25) is 0 Å². The summed E-state index contributed by atoms with van der Waals surface area (Å²) in [7, 11) is 1.26. The van der Waals surface area contributed by atoms with Crippen LogP contribution < -0.4 is 0 Å². The average molecular weight is 372 g/mol. The van der Waals surface area contributed by atoms with Crippen molar-refractivity contribution in [3.8, 4) is 0 Å². The van der Waals surface area contributed by atoms with Gasteiger partial charge in [-0.05, 0) is 41.5 Å². The monoisotopic (exact) mass is 372 g/mol. The van der Waals surface area contributed by atoms with Crippen LogP contribution in [0, 0.1) is 0 Å². The minimum absolute atomic E-state index is 0.175. The maximum absolute atomic E-state index is 12.4. The molecule has 25 heavy (non-hydrogen) atoms. The van der Waals surface area contributed by atoms with E-state index >= 15 is 0 Å². The van der Waals surface area contributed by atoms with Crippen LogP contribution in [-0.4, -0.2) is 46.4 Å². The number of thiazole rings is 1. The molecule has 0 aliphatic rings. The fourth-order valence-electron chi connectivity index (χ4n) is 1.55. The number of methoxy groups -OCH3 is 1. The molecule has 0 fully saturated rings. The van der Waals surface area contributed by atoms with E-state index in [-0.39, 0.29) is 11.4 Å². The summed E-state index contributed by atoms with van der Waals surface area (Å²) in [6.45, 7) is 9.97. The highest BCUT2D eigenvalue weighted by Crippen LogP contribution is 2.20. The Morgan fingerprint density at radius 2 is 1.52 bits per heavy atom. The average Bonchev–Trinajstić information content (AvgIpc) is 2.88. The summed E-state index contributed by atoms with van der Waals surface area (Å²) in [5.74, 6) is -0.537. The molecule has 1 heterocycles. The van der Waals surface area contributed by atoms with E-state index in [1.165, 1.54) is 13.3 Å². The first-order valence-corrected chi connectivity index (χ1v) is 8.40. The van der Waals surface area contributed by atoms with Gasteiger partial charge in [-0.25, -0.2) is 24.3 Å². The molecule has 0 spiro atoms. The Morgan fingerprint density at radius 3 is 1.92 bits per heavy atom. The highest BCUT2D eigenvalue weighted by atomic mass is 32.1. The van der Waals surface area contributed by atoms with Gasteiger partial charge in [0, 0.05) is 0 Å². The smallest absolute Gasteiger partial charge is 0.420 e. The van der Waals surface area contributed by atoms with Gasteiger partial charge in [-0.2, -0.15) is 0 Å². The predicted octanol–water partition coefficient (Wildman–Crippen LogP) is 3.60. The van der Waals surface area contributed by atoms with E-state index in [9.17, 15) is 14.4 Å². The van der Waals surface area contributed by atoms with Gasteiger partial charge in [0.05, 0.1) is 19.9 Å². The Morgan fingerprint density at radius 1 is 1.04 bits per heavy atom. The lowest BCUT2D eigenvalue weighted by molar-refractivity contribution is -0.000284. The van der Waals surface area contributed by atoms with Gasteiger partial charge in [0.25, 0.3) is 0 Å². The standard InChI is InChI=1S/C16H24N2O6S/c1-15(2,3)23-13(20)18(14(21)24-16(4,5)6)9-11-17-8-10(25-11)12(19)22-7/h8H,9H2,1-7H3. The maximum atomic E-state index is 12.4. The Labute approximate surface area is 151 Å². The van der Waals surface area contributed by atoms with Crippen LogP contribution in [0.15, 0.2) is 6.20 Å². The van der Waals surface area contributed by atoms with Crippen molar-refractivity contribution in [1.82, 2.24) is 9.88 Å². The molecule has 0 bridgehead atoms. The third-order valence-corrected chi connectivity index (χ3v) is 3.42. The largest absolute Gasteiger partial charge is 0.465 e. The van der Waals surface area contributed by atoms with Crippen molar-refractivity contribution >= 4 is 29.5 Å². The first kappa shape index (κ1) is 20.9. The molecule has 9 heteroatoms. The van der Waals surface area contributed by atoms with Gasteiger partial charge >= 0.3 is 18.2 Å². The fraction of sp³-hybridized carbons (Fsp3) is 0.625. The molecular weight excluding hydrogens is 348 g/mol. The van der Waals surface area contributed by atoms with E-state index in [4.69, 9.17) is 9.47 Å². The number of amides is 2. The zero-order valence-electron chi connectivity index (χ0n) is 15.5. The van der Waals surface area contributed by atoms with Gasteiger partial charge in [0.2, 0.25) is 0 Å². The van der Waals surface area contributed by atoms with E-state index in [2.05, 4.69) is 9.72 Å². The van der Waals surface area contributed by atoms with Crippen LogP contribution in [-0.2, 0) is 20.8 Å². The molecular formula is C16H24N2O6S. The molecule has 0 unspecified atom stereocenters. The number of rotatable bonds is 3. The van der Waals surface area contributed by atoms with Crippen LogP contribution in [0.25, 0.3) is 0 Å². The topological polar surface area (TPSA) is 95.0 Å². The number of ether oxygens (including phenoxy) is 3. The number of carbonyl (C=O) groups excluding carboxylic acids is 3. The Balaban J connectivity index is 3.01. The molecule has 140 valence electrons. The summed E-state index contributed by atoms with van der Waals surface area (Å²) in [5, 5.41) is 0.372. The summed E-state index contributed by atoms with van der Waals surface area (Å²) in [6.07, 6.45) is -0.373. The second kappa shape index (κ2) is 7.81. The number of aromatic nitrogens is 1. The fourth-order valence-corrected chi connectivity index (χ4v) is 2.38. The summed E-state index contributed by atoms with van der Waals surface area (Å²) < 4.78 is 15.1. The molecule has 0 aliphatic carbocycles. The number of nitrogens with zero attached hydrogens (tertiary/aromatic N) is 2. The quantitative estimate of drug-likeness (QED) is 0.591. The number of carbonyl (C=O) groups is 3. The molecule has 8 nitrogen and oxygen atoms in total. The molecule has 0 aliphatic heterocycles. The maximum Gasteiger partial charge on any atom is 0.420 e. The third kappa shape index (κ3) is 7.08. The van der Waals surface area contributed by atoms with Crippen molar-refractivity contribution in [2.45, 2.75) is 59.3 Å². The van der Waals surface area contributed by atoms with Gasteiger partial charge < -0.3 is 14.2 Å². The second-order valence-corrected chi connectivity index (χ2v) is 8.27. The number of imide groups is 1. The van der Waals surface area contributed by atoms with Gasteiger partial charge in [-0.3, -0.25) is 0 Å². The number of hydrogen-bond donors (Lipinski definition) is 0. The second-order valence-electron chi connectivity index (χ2n) is 7.16. The third-order valence-electron chi connectivity index (χ3n) is 2.46. The van der Waals surface area contributed by atoms with Gasteiger partial charge in [0.15, 0.2) is 0 Å². The van der Waals surface area contributed by atoms with E-state index < -0.39 is 29.4 Å². The molecule has 0 saturated carbocycles. The predicted molar refractivity (Wildman–Crippen MR) is 91.5 cm³/mol. The Kier molecular flexibility index (Phi) is 6.53. The van der Waals surface area contributed by atoms with Crippen LogP contribution in [0.3, 0.4) is 0 Å². The van der Waals surface area contributed by atoms with Crippen molar-refractivity contribution in [2.75, 3.05) is 7.11 Å². The highest BCUT2D eigenvalue weighted by Gasteiger charge is 2.32. The zero-order chi connectivity index (χ0) is 19.4. The summed E-state index contributed by atoms with van der Waals surface area (Å²) in [6, 6.07) is 0. The highest BCUT2D eigenvalue weighted by molar-refractivity contribution is 7.13. The molecule has 1 aromatic heterocycles. The van der Waals surface area contributed by atoms with Crippen LogP contribution in [0.1, 0.15) is 56.2 Å². The van der Waals surface area contributed by atoms with E-state index in [0.717, 1.165) is 16.2 Å². The van der Waals surface area contributed by atoms with Gasteiger partial charge in [0.1, 0.15) is 21.1 Å². The summed E-state index contributed by atoms with van der Waals surface area (Å²) in [5.41, 5.74) is -1.56. The molecule has 2 amide bonds. The Bertz CT molecular complexity index is 614. The number of esters is 1. The molecule has 0 aromatic carbocycles. The molecule has 0 atom stereocenters. The SMILES string of the molecule is COC(=O)c1cnc(CN(C(=O)OC(C)(C)C)C(=O)OC(C)(C)C)s1. The minimum Gasteiger partial charge on any atom is -0.465 e. The Hall–Kier alpha value is -2.16. The van der Waals surface area contributed by atoms with Crippen LogP contribution >= 0.6 is 11.3 Å². The molecule has 0 N–H and O–H groups in total. The summed E-state index contributed by atoms with van der Waals surface area (Å²) >= 11 is 1.02. The van der Waals surface area contributed by atoms with Crippen LogP contribution in [0.5, 0.6) is 0 Å². The van der Waals surface area contributed by atoms with Crippen molar-refractivity contribution in [1.29, 1.82) is 0 Å². The molecule has 0 radical (unpaired) electrons. The lowest BCUT2D eigenvalue weighted by Gasteiger charge is -2.28. The summed E-state index contributed by atoms with van der Waals surface area (Å²) in [4.78, 5) is 41.4. The lowest BCUT2D eigenvalue weighted by atomic mass is 10.2. The van der Waals surface area contributed by atoms with Crippen molar-refractivity contribution < 1.29 is 28.6 Å². The van der Waals surface area contributed by atoms with Gasteiger partial charge in [-0.1, -0.05) is 0 Å². The zero-order valence-corrected chi connectivity index (χ0v) is 16.4. The lowest BCUT2D eigenvalue weighted by Crippen LogP contribution is -2.43. The molecule has 1 rings (SSSR count). The normalized spacial score (nSPS) is 11.6. The van der Waals surface area contributed by atoms with Crippen LogP contribution in [0.4, 0.5) is 9.59 Å². The minimum atomic E-state index is -0.850. The number of hydrogen-bond acceptors (Lipinski definition) is 8. The first-order valence-electron chi connectivity index (χ1n) is 7.59. The van der Waals surface area contributed by atoms with E-state index in [1.807, 2.05) is 0 Å². The first-order chi connectivity index (χ1) is 11.3. The molecule has 1 aromatic rings. The van der Waals surface area contributed by atoms with Gasteiger partial charge in [-0.15, -0.1) is 11.3 Å². The molecule has 0 saturated heterocycles. The van der Waals surface area contributed by atoms with Crippen molar-refractivity contribution in [3.63, 3.8) is 0 Å². The van der Waals surface area contributed by atoms with E-state index in [0.29, 0.717) is 5.01 Å². The van der Waals surface area contributed by atoms with E-state index in [1.54, 1.807) is 41.5 Å². The van der Waals surface area contributed by atoms with Crippen molar-refractivity contribution in [2.24, 2.45) is 0 Å². The van der Waals surface area contributed by atoms with Crippen molar-refractivity contribution in [3.05, 3.63) is 16.1 Å².